The van der Waals surface area contributed by atoms with Crippen molar-refractivity contribution < 1.29 is 13.5 Å². The van der Waals surface area contributed by atoms with Crippen LogP contribution in [0.3, 0.4) is 0 Å². The van der Waals surface area contributed by atoms with Crippen molar-refractivity contribution in [2.75, 3.05) is 44.2 Å². The zero-order valence-corrected chi connectivity index (χ0v) is 17.5. The Morgan fingerprint density at radius 1 is 0.839 bits per heavy atom. The lowest BCUT2D eigenvalue weighted by Gasteiger charge is -2.36. The standard InChI is InChI=1S/C25H27F2N3O/c26-22-5-1-20(2-6-22)17-21-3-7-24(8-4-21)30-15-13-29(14-16-30)18-23(27)19-31-25-9-11-28-12-10-25/h1-12,23H,13-19H2. The molecule has 0 amide bonds. The van der Waals surface area contributed by atoms with E-state index in [4.69, 9.17) is 4.74 Å². The summed E-state index contributed by atoms with van der Waals surface area (Å²) in [7, 11) is 0. The number of ether oxygens (including phenoxy) is 1. The maximum absolute atomic E-state index is 14.3. The maximum Gasteiger partial charge on any atom is 0.147 e. The Kier molecular flexibility index (Phi) is 7.10. The van der Waals surface area contributed by atoms with Gasteiger partial charge in [0.2, 0.25) is 0 Å². The SMILES string of the molecule is Fc1ccc(Cc2ccc(N3CCN(CC(F)COc4ccncc4)CC3)cc2)cc1. The second-order valence-corrected chi connectivity index (χ2v) is 7.85. The van der Waals surface area contributed by atoms with E-state index in [0.717, 1.165) is 38.2 Å². The molecular formula is C25H27F2N3O. The van der Waals surface area contributed by atoms with Crippen molar-refractivity contribution in [3.05, 3.63) is 90.0 Å². The quantitative estimate of drug-likeness (QED) is 0.539. The molecule has 0 spiro atoms. The highest BCUT2D eigenvalue weighted by molar-refractivity contribution is 5.48. The summed E-state index contributed by atoms with van der Waals surface area (Å²) >= 11 is 0. The number of aromatic nitrogens is 1. The molecule has 162 valence electrons. The third-order valence-electron chi connectivity index (χ3n) is 5.53. The van der Waals surface area contributed by atoms with Crippen LogP contribution in [0, 0.1) is 5.82 Å². The lowest BCUT2D eigenvalue weighted by molar-refractivity contribution is 0.133. The van der Waals surface area contributed by atoms with Gasteiger partial charge < -0.3 is 9.64 Å². The Morgan fingerprint density at radius 3 is 2.10 bits per heavy atom. The summed E-state index contributed by atoms with van der Waals surface area (Å²) in [5.41, 5.74) is 3.47. The first kappa shape index (κ1) is 21.2. The Morgan fingerprint density at radius 2 is 1.45 bits per heavy atom. The van der Waals surface area contributed by atoms with Crippen LogP contribution in [0.4, 0.5) is 14.5 Å². The number of rotatable bonds is 8. The van der Waals surface area contributed by atoms with Gasteiger partial charge in [-0.3, -0.25) is 9.88 Å². The third-order valence-corrected chi connectivity index (χ3v) is 5.53. The molecule has 6 heteroatoms. The number of pyridine rings is 1. The summed E-state index contributed by atoms with van der Waals surface area (Å²) in [6, 6.07) is 18.6. The molecule has 1 atom stereocenters. The molecule has 1 aliphatic heterocycles. The van der Waals surface area contributed by atoms with Crippen LogP contribution in [0.15, 0.2) is 73.1 Å². The van der Waals surface area contributed by atoms with Crippen molar-refractivity contribution in [3.63, 3.8) is 0 Å². The molecule has 0 N–H and O–H groups in total. The van der Waals surface area contributed by atoms with E-state index in [0.29, 0.717) is 12.3 Å². The topological polar surface area (TPSA) is 28.6 Å². The van der Waals surface area contributed by atoms with Crippen LogP contribution < -0.4 is 9.64 Å². The van der Waals surface area contributed by atoms with E-state index >= 15 is 0 Å². The largest absolute Gasteiger partial charge is 0.490 e. The Labute approximate surface area is 182 Å². The second-order valence-electron chi connectivity index (χ2n) is 7.85. The Hall–Kier alpha value is -2.99. The molecule has 1 saturated heterocycles. The molecule has 1 fully saturated rings. The van der Waals surface area contributed by atoms with E-state index < -0.39 is 6.17 Å². The summed E-state index contributed by atoms with van der Waals surface area (Å²) in [6.07, 6.45) is 3.03. The zero-order valence-electron chi connectivity index (χ0n) is 17.5. The second kappa shape index (κ2) is 10.4. The summed E-state index contributed by atoms with van der Waals surface area (Å²) in [6.45, 7) is 3.83. The van der Waals surface area contributed by atoms with Gasteiger partial charge in [0.1, 0.15) is 24.3 Å². The fraction of sp³-hybridized carbons (Fsp3) is 0.320. The summed E-state index contributed by atoms with van der Waals surface area (Å²) < 4.78 is 32.9. The molecule has 4 nitrogen and oxygen atoms in total. The van der Waals surface area contributed by atoms with Crippen molar-refractivity contribution in [1.29, 1.82) is 0 Å². The van der Waals surface area contributed by atoms with E-state index in [2.05, 4.69) is 39.0 Å². The molecule has 1 aromatic heterocycles. The molecule has 0 aliphatic carbocycles. The first-order valence-corrected chi connectivity index (χ1v) is 10.6. The van der Waals surface area contributed by atoms with E-state index in [1.165, 1.54) is 23.4 Å². The molecule has 2 heterocycles. The monoisotopic (exact) mass is 423 g/mol. The highest BCUT2D eigenvalue weighted by Crippen LogP contribution is 2.19. The summed E-state index contributed by atoms with van der Waals surface area (Å²) in [5.74, 6) is 0.434. The van der Waals surface area contributed by atoms with E-state index in [1.807, 2.05) is 12.1 Å². The number of hydrogen-bond donors (Lipinski definition) is 0. The molecule has 0 bridgehead atoms. The van der Waals surface area contributed by atoms with Crippen LogP contribution in [0.5, 0.6) is 5.75 Å². The zero-order chi connectivity index (χ0) is 21.5. The number of piperazine rings is 1. The van der Waals surface area contributed by atoms with Gasteiger partial charge in [-0.1, -0.05) is 24.3 Å². The van der Waals surface area contributed by atoms with Crippen LogP contribution in [-0.2, 0) is 6.42 Å². The van der Waals surface area contributed by atoms with Gasteiger partial charge in [0.15, 0.2) is 0 Å². The summed E-state index contributed by atoms with van der Waals surface area (Å²) in [5, 5.41) is 0. The molecular weight excluding hydrogens is 396 g/mol. The smallest absolute Gasteiger partial charge is 0.147 e. The van der Waals surface area contributed by atoms with Crippen LogP contribution in [0.2, 0.25) is 0 Å². The Bertz CT molecular complexity index is 927. The maximum atomic E-state index is 14.3. The minimum absolute atomic E-state index is 0.0553. The van der Waals surface area contributed by atoms with Crippen molar-refractivity contribution in [3.8, 4) is 5.75 Å². The van der Waals surface area contributed by atoms with Gasteiger partial charge in [-0.15, -0.1) is 0 Å². The van der Waals surface area contributed by atoms with Gasteiger partial charge in [0.05, 0.1) is 0 Å². The van der Waals surface area contributed by atoms with E-state index in [-0.39, 0.29) is 12.4 Å². The van der Waals surface area contributed by atoms with Crippen molar-refractivity contribution >= 4 is 5.69 Å². The number of anilines is 1. The number of halogens is 2. The van der Waals surface area contributed by atoms with E-state index in [9.17, 15) is 8.78 Å². The predicted molar refractivity (Wildman–Crippen MR) is 119 cm³/mol. The first-order valence-electron chi connectivity index (χ1n) is 10.6. The van der Waals surface area contributed by atoms with Gasteiger partial charge in [0, 0.05) is 50.8 Å². The normalized spacial score (nSPS) is 15.6. The minimum Gasteiger partial charge on any atom is -0.490 e. The lowest BCUT2D eigenvalue weighted by Crippen LogP contribution is -2.48. The molecule has 3 aromatic rings. The number of nitrogens with zero attached hydrogens (tertiary/aromatic N) is 3. The first-order chi connectivity index (χ1) is 15.2. The molecule has 0 radical (unpaired) electrons. The number of alkyl halides is 1. The van der Waals surface area contributed by atoms with Gasteiger partial charge in [-0.25, -0.2) is 8.78 Å². The van der Waals surface area contributed by atoms with Crippen LogP contribution in [0.25, 0.3) is 0 Å². The van der Waals surface area contributed by atoms with E-state index in [1.54, 1.807) is 24.5 Å². The average Bonchev–Trinajstić information content (AvgIpc) is 2.81. The average molecular weight is 424 g/mol. The fourth-order valence-corrected chi connectivity index (χ4v) is 3.81. The van der Waals surface area contributed by atoms with Crippen molar-refractivity contribution in [1.82, 2.24) is 9.88 Å². The molecule has 2 aromatic carbocycles. The molecule has 4 rings (SSSR count). The highest BCUT2D eigenvalue weighted by Gasteiger charge is 2.20. The molecule has 0 saturated carbocycles. The lowest BCUT2D eigenvalue weighted by atomic mass is 10.0. The molecule has 1 unspecified atom stereocenters. The fourth-order valence-electron chi connectivity index (χ4n) is 3.81. The number of benzene rings is 2. The van der Waals surface area contributed by atoms with Crippen LogP contribution in [0.1, 0.15) is 11.1 Å². The molecule has 31 heavy (non-hydrogen) atoms. The minimum atomic E-state index is -1.02. The summed E-state index contributed by atoms with van der Waals surface area (Å²) in [4.78, 5) is 8.41. The van der Waals surface area contributed by atoms with Gasteiger partial charge in [0.25, 0.3) is 0 Å². The van der Waals surface area contributed by atoms with Crippen LogP contribution in [-0.4, -0.2) is 55.4 Å². The van der Waals surface area contributed by atoms with Gasteiger partial charge in [-0.05, 0) is 53.9 Å². The van der Waals surface area contributed by atoms with Crippen LogP contribution >= 0.6 is 0 Å². The van der Waals surface area contributed by atoms with Crippen molar-refractivity contribution in [2.45, 2.75) is 12.6 Å². The molecule has 1 aliphatic rings. The third kappa shape index (κ3) is 6.25. The van der Waals surface area contributed by atoms with Crippen molar-refractivity contribution in [2.24, 2.45) is 0 Å². The number of hydrogen-bond acceptors (Lipinski definition) is 4. The Balaban J connectivity index is 1.21. The predicted octanol–water partition coefficient (Wildman–Crippen LogP) is 4.35. The van der Waals surface area contributed by atoms with Gasteiger partial charge in [-0.2, -0.15) is 0 Å². The van der Waals surface area contributed by atoms with Gasteiger partial charge >= 0.3 is 0 Å². The highest BCUT2D eigenvalue weighted by atomic mass is 19.1.